The molecule has 0 aromatic heterocycles. The zero-order valence-electron chi connectivity index (χ0n) is 6.68. The molecule has 78 valence electrons. The second kappa shape index (κ2) is 4.16. The van der Waals surface area contributed by atoms with Crippen LogP contribution in [0.4, 0.5) is 17.6 Å². The van der Waals surface area contributed by atoms with E-state index < -0.39 is 12.5 Å². The third-order valence-corrected chi connectivity index (χ3v) is 1.99. The Bertz CT molecular complexity index is 316. The zero-order valence-corrected chi connectivity index (χ0v) is 8.27. The molecular formula is C8H5BrF4O. The van der Waals surface area contributed by atoms with Crippen molar-refractivity contribution in [2.75, 3.05) is 0 Å². The van der Waals surface area contributed by atoms with Gasteiger partial charge in [-0.05, 0) is 28.1 Å². The maximum Gasteiger partial charge on any atom is 0.461 e. The Morgan fingerprint density at radius 3 is 2.29 bits per heavy atom. The number of para-hydroxylation sites is 1. The molecule has 1 aromatic carbocycles. The van der Waals surface area contributed by atoms with E-state index in [4.69, 9.17) is 0 Å². The quantitative estimate of drug-likeness (QED) is 0.763. The molecule has 1 nitrogen and oxygen atoms in total. The molecule has 0 amide bonds. The van der Waals surface area contributed by atoms with Gasteiger partial charge in [-0.25, -0.2) is 0 Å². The number of alkyl halides is 4. The molecule has 0 aliphatic rings. The summed E-state index contributed by atoms with van der Waals surface area (Å²) in [5.74, 6) is -0.321. The summed E-state index contributed by atoms with van der Waals surface area (Å²) in [5, 5.41) is 0. The molecular weight excluding hydrogens is 268 g/mol. The van der Waals surface area contributed by atoms with E-state index in [2.05, 4.69) is 20.7 Å². The fourth-order valence-electron chi connectivity index (χ4n) is 0.719. The second-order valence-electron chi connectivity index (χ2n) is 2.39. The maximum absolute atomic E-state index is 12.4. The minimum Gasteiger partial charge on any atom is -0.427 e. The lowest BCUT2D eigenvalue weighted by Crippen LogP contribution is -2.33. The minimum absolute atomic E-state index is 0.195. The van der Waals surface area contributed by atoms with E-state index in [9.17, 15) is 17.6 Å². The van der Waals surface area contributed by atoms with Gasteiger partial charge in [-0.2, -0.15) is 17.6 Å². The minimum atomic E-state index is -4.47. The molecule has 0 spiro atoms. The first-order valence-corrected chi connectivity index (χ1v) is 4.32. The van der Waals surface area contributed by atoms with Crippen LogP contribution in [0.15, 0.2) is 28.7 Å². The monoisotopic (exact) mass is 272 g/mol. The van der Waals surface area contributed by atoms with Crippen molar-refractivity contribution in [3.63, 3.8) is 0 Å². The Hall–Kier alpha value is -0.780. The van der Waals surface area contributed by atoms with Crippen molar-refractivity contribution in [3.05, 3.63) is 28.7 Å². The second-order valence-corrected chi connectivity index (χ2v) is 3.25. The molecule has 0 N–H and O–H groups in total. The number of ether oxygens (including phenoxy) is 1. The van der Waals surface area contributed by atoms with Crippen molar-refractivity contribution in [2.24, 2.45) is 0 Å². The van der Waals surface area contributed by atoms with Gasteiger partial charge in [-0.1, -0.05) is 12.1 Å². The van der Waals surface area contributed by atoms with Gasteiger partial charge in [0.25, 0.3) is 0 Å². The topological polar surface area (TPSA) is 9.23 Å². The van der Waals surface area contributed by atoms with Gasteiger partial charge in [-0.3, -0.25) is 0 Å². The molecule has 0 saturated carbocycles. The lowest BCUT2D eigenvalue weighted by Gasteiger charge is -2.17. The SMILES string of the molecule is FC(F)C(F)(F)Oc1ccccc1Br. The molecule has 0 atom stereocenters. The summed E-state index contributed by atoms with van der Waals surface area (Å²) in [4.78, 5) is 0. The Labute approximate surface area is 85.8 Å². The molecule has 0 saturated heterocycles. The number of rotatable bonds is 3. The van der Waals surface area contributed by atoms with Crippen LogP contribution in [0, 0.1) is 0 Å². The third kappa shape index (κ3) is 2.60. The highest BCUT2D eigenvalue weighted by Crippen LogP contribution is 2.32. The number of hydrogen-bond acceptors (Lipinski definition) is 1. The van der Waals surface area contributed by atoms with E-state index in [-0.39, 0.29) is 10.2 Å². The molecule has 0 radical (unpaired) electrons. The van der Waals surface area contributed by atoms with Gasteiger partial charge < -0.3 is 4.74 Å². The van der Waals surface area contributed by atoms with Crippen LogP contribution in [-0.2, 0) is 0 Å². The van der Waals surface area contributed by atoms with Gasteiger partial charge in [0.15, 0.2) is 0 Å². The molecule has 6 heteroatoms. The average Bonchev–Trinajstić information content (AvgIpc) is 2.08. The van der Waals surface area contributed by atoms with Crippen LogP contribution >= 0.6 is 15.9 Å². The van der Waals surface area contributed by atoms with Crippen molar-refractivity contribution in [1.29, 1.82) is 0 Å². The van der Waals surface area contributed by atoms with Gasteiger partial charge in [0.05, 0.1) is 4.47 Å². The average molecular weight is 273 g/mol. The largest absolute Gasteiger partial charge is 0.461 e. The van der Waals surface area contributed by atoms with E-state index in [1.807, 2.05) is 0 Å². The predicted molar refractivity (Wildman–Crippen MR) is 45.7 cm³/mol. The van der Waals surface area contributed by atoms with E-state index in [1.165, 1.54) is 18.2 Å². The van der Waals surface area contributed by atoms with Gasteiger partial charge in [0.1, 0.15) is 5.75 Å². The van der Waals surface area contributed by atoms with Crippen molar-refractivity contribution < 1.29 is 22.3 Å². The molecule has 14 heavy (non-hydrogen) atoms. The number of benzene rings is 1. The summed E-state index contributed by atoms with van der Waals surface area (Å²) in [6, 6.07) is 5.54. The summed E-state index contributed by atoms with van der Waals surface area (Å²) < 4.78 is 52.4. The van der Waals surface area contributed by atoms with E-state index >= 15 is 0 Å². The van der Waals surface area contributed by atoms with Gasteiger partial charge >= 0.3 is 12.5 Å². The maximum atomic E-state index is 12.4. The first kappa shape index (κ1) is 11.3. The molecule has 0 aliphatic carbocycles. The van der Waals surface area contributed by atoms with Crippen LogP contribution < -0.4 is 4.74 Å². The molecule has 0 unspecified atom stereocenters. The van der Waals surface area contributed by atoms with Gasteiger partial charge in [-0.15, -0.1) is 0 Å². The van der Waals surface area contributed by atoms with Crippen molar-refractivity contribution in [2.45, 2.75) is 12.5 Å². The van der Waals surface area contributed by atoms with E-state index in [1.54, 1.807) is 6.07 Å². The smallest absolute Gasteiger partial charge is 0.427 e. The number of halogens is 5. The Kier molecular flexibility index (Phi) is 3.36. The summed E-state index contributed by atoms with van der Waals surface area (Å²) in [7, 11) is 0. The normalized spacial score (nSPS) is 11.9. The van der Waals surface area contributed by atoms with E-state index in [0.29, 0.717) is 0 Å². The zero-order chi connectivity index (χ0) is 10.8. The van der Waals surface area contributed by atoms with Gasteiger partial charge in [0.2, 0.25) is 0 Å². The molecule has 1 rings (SSSR count). The van der Waals surface area contributed by atoms with Crippen LogP contribution in [0.3, 0.4) is 0 Å². The van der Waals surface area contributed by atoms with Crippen LogP contribution in [0.5, 0.6) is 5.75 Å². The first-order valence-electron chi connectivity index (χ1n) is 3.53. The number of hydrogen-bond donors (Lipinski definition) is 0. The van der Waals surface area contributed by atoms with Crippen LogP contribution in [0.2, 0.25) is 0 Å². The van der Waals surface area contributed by atoms with Crippen LogP contribution in [0.1, 0.15) is 0 Å². The Morgan fingerprint density at radius 2 is 1.79 bits per heavy atom. The highest BCUT2D eigenvalue weighted by molar-refractivity contribution is 9.10. The van der Waals surface area contributed by atoms with Crippen molar-refractivity contribution in [3.8, 4) is 5.75 Å². The van der Waals surface area contributed by atoms with Crippen LogP contribution in [-0.4, -0.2) is 12.5 Å². The van der Waals surface area contributed by atoms with E-state index in [0.717, 1.165) is 0 Å². The highest BCUT2D eigenvalue weighted by Gasteiger charge is 2.44. The van der Waals surface area contributed by atoms with Gasteiger partial charge in [0, 0.05) is 0 Å². The molecule has 0 heterocycles. The first-order chi connectivity index (χ1) is 6.43. The highest BCUT2D eigenvalue weighted by atomic mass is 79.9. The summed E-state index contributed by atoms with van der Waals surface area (Å²) >= 11 is 2.89. The van der Waals surface area contributed by atoms with Crippen molar-refractivity contribution >= 4 is 15.9 Å². The lowest BCUT2D eigenvalue weighted by atomic mass is 10.3. The summed E-state index contributed by atoms with van der Waals surface area (Å²) in [6.45, 7) is 0. The van der Waals surface area contributed by atoms with Crippen molar-refractivity contribution in [1.82, 2.24) is 0 Å². The summed E-state index contributed by atoms with van der Waals surface area (Å²) in [5.41, 5.74) is 0. The molecule has 1 aromatic rings. The fourth-order valence-corrected chi connectivity index (χ4v) is 1.08. The third-order valence-electron chi connectivity index (χ3n) is 1.34. The Morgan fingerprint density at radius 1 is 1.21 bits per heavy atom. The Balaban J connectivity index is 2.84. The standard InChI is InChI=1S/C8H5BrF4O/c9-5-3-1-2-4-6(5)14-8(12,13)7(10)11/h1-4,7H. The van der Waals surface area contributed by atoms with Crippen LogP contribution in [0.25, 0.3) is 0 Å². The fraction of sp³-hybridized carbons (Fsp3) is 0.250. The predicted octanol–water partition coefficient (Wildman–Crippen LogP) is 3.69. The molecule has 0 bridgehead atoms. The lowest BCUT2D eigenvalue weighted by molar-refractivity contribution is -0.253. The molecule has 0 aliphatic heterocycles. The molecule has 0 fully saturated rings. The summed E-state index contributed by atoms with van der Waals surface area (Å²) in [6.07, 6.45) is -8.32.